The number of ether oxygens (including phenoxy) is 1. The van der Waals surface area contributed by atoms with E-state index >= 15 is 0 Å². The summed E-state index contributed by atoms with van der Waals surface area (Å²) >= 11 is 0. The first-order valence-electron chi connectivity index (χ1n) is 10.2. The Labute approximate surface area is 178 Å². The lowest BCUT2D eigenvalue weighted by molar-refractivity contribution is -0.137. The second kappa shape index (κ2) is 9.59. The Morgan fingerprint density at radius 2 is 1.63 bits per heavy atom. The molecule has 0 saturated carbocycles. The van der Waals surface area contributed by atoms with Gasteiger partial charge in [0.1, 0.15) is 5.70 Å². The van der Waals surface area contributed by atoms with Gasteiger partial charge in [0, 0.05) is 45.2 Å². The number of hydrogen-bond acceptors (Lipinski definition) is 5. The van der Waals surface area contributed by atoms with Crippen LogP contribution in [0, 0.1) is 6.92 Å². The average molecular weight is 408 g/mol. The van der Waals surface area contributed by atoms with E-state index in [2.05, 4.69) is 5.32 Å². The van der Waals surface area contributed by atoms with Gasteiger partial charge >= 0.3 is 0 Å². The molecule has 158 valence electrons. The van der Waals surface area contributed by atoms with Crippen LogP contribution in [0.3, 0.4) is 0 Å². The summed E-state index contributed by atoms with van der Waals surface area (Å²) in [7, 11) is 3.94. The van der Waals surface area contributed by atoms with E-state index in [4.69, 9.17) is 4.74 Å². The summed E-state index contributed by atoms with van der Waals surface area (Å²) in [5.41, 5.74) is 4.38. The molecule has 2 amide bonds. The number of benzene rings is 2. The molecule has 0 spiro atoms. The van der Waals surface area contributed by atoms with Crippen molar-refractivity contribution < 1.29 is 14.3 Å². The van der Waals surface area contributed by atoms with Gasteiger partial charge in [0.25, 0.3) is 11.8 Å². The SMILES string of the molecule is CCOCCCN1C(=O)C(Nc2ccc(N(C)C)cc2)=C(c2ccc(C)cc2)C1=O. The second-order valence-corrected chi connectivity index (χ2v) is 7.49. The molecule has 2 aromatic carbocycles. The highest BCUT2D eigenvalue weighted by atomic mass is 16.5. The van der Waals surface area contributed by atoms with E-state index in [9.17, 15) is 9.59 Å². The van der Waals surface area contributed by atoms with Crippen molar-refractivity contribution in [1.29, 1.82) is 0 Å². The smallest absolute Gasteiger partial charge is 0.278 e. The van der Waals surface area contributed by atoms with Crippen LogP contribution < -0.4 is 10.2 Å². The van der Waals surface area contributed by atoms with E-state index in [-0.39, 0.29) is 11.8 Å². The fourth-order valence-electron chi connectivity index (χ4n) is 3.34. The van der Waals surface area contributed by atoms with Crippen LogP contribution in [-0.4, -0.2) is 50.6 Å². The summed E-state index contributed by atoms with van der Waals surface area (Å²) in [5.74, 6) is -0.573. The first-order chi connectivity index (χ1) is 14.4. The first-order valence-corrected chi connectivity index (χ1v) is 10.2. The fourth-order valence-corrected chi connectivity index (χ4v) is 3.34. The molecule has 30 heavy (non-hydrogen) atoms. The van der Waals surface area contributed by atoms with E-state index in [1.807, 2.05) is 81.4 Å². The molecule has 3 rings (SSSR count). The van der Waals surface area contributed by atoms with Crippen molar-refractivity contribution in [3.8, 4) is 0 Å². The molecule has 0 aliphatic carbocycles. The zero-order valence-electron chi connectivity index (χ0n) is 18.1. The number of aryl methyl sites for hydroxylation is 1. The highest BCUT2D eigenvalue weighted by Gasteiger charge is 2.38. The van der Waals surface area contributed by atoms with Crippen LogP contribution in [0.5, 0.6) is 0 Å². The summed E-state index contributed by atoms with van der Waals surface area (Å²) in [6, 6.07) is 15.4. The molecule has 1 heterocycles. The number of carbonyl (C=O) groups excluding carboxylic acids is 2. The molecular formula is C24H29N3O3. The van der Waals surface area contributed by atoms with Gasteiger partial charge in [-0.2, -0.15) is 0 Å². The van der Waals surface area contributed by atoms with Crippen molar-refractivity contribution in [1.82, 2.24) is 4.90 Å². The average Bonchev–Trinajstić information content (AvgIpc) is 2.96. The molecule has 1 aliphatic rings. The standard InChI is InChI=1S/C24H29N3O3/c1-5-30-16-6-15-27-23(28)21(18-9-7-17(2)8-10-18)22(24(27)29)25-19-11-13-20(14-12-19)26(3)4/h7-14,25H,5-6,15-16H2,1-4H3. The molecule has 1 N–H and O–H groups in total. The Morgan fingerprint density at radius 3 is 2.23 bits per heavy atom. The lowest BCUT2D eigenvalue weighted by Crippen LogP contribution is -2.34. The molecular weight excluding hydrogens is 378 g/mol. The van der Waals surface area contributed by atoms with Gasteiger partial charge in [-0.15, -0.1) is 0 Å². The number of nitrogens with one attached hydrogen (secondary N) is 1. The minimum Gasteiger partial charge on any atom is -0.382 e. The van der Waals surface area contributed by atoms with Crippen molar-refractivity contribution >= 4 is 28.8 Å². The quantitative estimate of drug-likeness (QED) is 0.508. The molecule has 0 atom stereocenters. The van der Waals surface area contributed by atoms with Gasteiger partial charge in [0.15, 0.2) is 0 Å². The largest absolute Gasteiger partial charge is 0.382 e. The van der Waals surface area contributed by atoms with Gasteiger partial charge in [-0.3, -0.25) is 14.5 Å². The summed E-state index contributed by atoms with van der Waals surface area (Å²) in [4.78, 5) is 29.6. The van der Waals surface area contributed by atoms with Crippen LogP contribution >= 0.6 is 0 Å². The highest BCUT2D eigenvalue weighted by Crippen LogP contribution is 2.31. The molecule has 1 aliphatic heterocycles. The molecule has 0 fully saturated rings. The molecule has 0 unspecified atom stereocenters. The number of carbonyl (C=O) groups is 2. The Hall–Kier alpha value is -3.12. The van der Waals surface area contributed by atoms with Gasteiger partial charge in [-0.25, -0.2) is 0 Å². The number of hydrogen-bond donors (Lipinski definition) is 1. The van der Waals surface area contributed by atoms with Gasteiger partial charge in [0.2, 0.25) is 0 Å². The maximum atomic E-state index is 13.2. The monoisotopic (exact) mass is 407 g/mol. The third-order valence-corrected chi connectivity index (χ3v) is 5.04. The van der Waals surface area contributed by atoms with Crippen molar-refractivity contribution in [2.45, 2.75) is 20.3 Å². The molecule has 0 radical (unpaired) electrons. The number of amides is 2. The topological polar surface area (TPSA) is 61.9 Å². The summed E-state index contributed by atoms with van der Waals surface area (Å²) in [5, 5.41) is 3.20. The van der Waals surface area contributed by atoms with E-state index in [0.717, 1.165) is 22.5 Å². The lowest BCUT2D eigenvalue weighted by Gasteiger charge is -2.16. The number of rotatable bonds is 9. The fraction of sp³-hybridized carbons (Fsp3) is 0.333. The minimum absolute atomic E-state index is 0.271. The zero-order valence-corrected chi connectivity index (χ0v) is 18.1. The summed E-state index contributed by atoms with van der Waals surface area (Å²) in [6.07, 6.45) is 0.608. The first kappa shape index (κ1) is 21.6. The molecule has 0 aromatic heterocycles. The van der Waals surface area contributed by atoms with Crippen LogP contribution in [-0.2, 0) is 14.3 Å². The molecule has 0 saturated heterocycles. The van der Waals surface area contributed by atoms with Gasteiger partial charge < -0.3 is 15.0 Å². The second-order valence-electron chi connectivity index (χ2n) is 7.49. The molecule has 6 heteroatoms. The predicted molar refractivity (Wildman–Crippen MR) is 120 cm³/mol. The Balaban J connectivity index is 1.91. The van der Waals surface area contributed by atoms with Crippen molar-refractivity contribution in [3.63, 3.8) is 0 Å². The van der Waals surface area contributed by atoms with Crippen molar-refractivity contribution in [2.75, 3.05) is 44.1 Å². The maximum Gasteiger partial charge on any atom is 0.278 e. The summed E-state index contributed by atoms with van der Waals surface area (Å²) < 4.78 is 5.36. The number of imide groups is 1. The van der Waals surface area contributed by atoms with Gasteiger partial charge in [-0.05, 0) is 50.1 Å². The lowest BCUT2D eigenvalue weighted by atomic mass is 10.0. The van der Waals surface area contributed by atoms with E-state index in [0.29, 0.717) is 37.4 Å². The number of nitrogens with zero attached hydrogens (tertiary/aromatic N) is 2. The Kier molecular flexibility index (Phi) is 6.90. The Bertz CT molecular complexity index is 931. The number of anilines is 2. The third-order valence-electron chi connectivity index (χ3n) is 5.04. The Morgan fingerprint density at radius 1 is 0.967 bits per heavy atom. The van der Waals surface area contributed by atoms with Gasteiger partial charge in [-0.1, -0.05) is 29.8 Å². The summed E-state index contributed by atoms with van der Waals surface area (Å²) in [6.45, 7) is 5.38. The van der Waals surface area contributed by atoms with Crippen molar-refractivity contribution in [2.24, 2.45) is 0 Å². The van der Waals surface area contributed by atoms with Crippen LogP contribution in [0.2, 0.25) is 0 Å². The minimum atomic E-state index is -0.302. The molecule has 0 bridgehead atoms. The van der Waals surface area contributed by atoms with E-state index in [1.165, 1.54) is 4.90 Å². The van der Waals surface area contributed by atoms with Gasteiger partial charge in [0.05, 0.1) is 5.57 Å². The van der Waals surface area contributed by atoms with Crippen molar-refractivity contribution in [3.05, 3.63) is 65.4 Å². The van der Waals surface area contributed by atoms with E-state index < -0.39 is 0 Å². The van der Waals surface area contributed by atoms with E-state index in [1.54, 1.807) is 0 Å². The zero-order chi connectivity index (χ0) is 21.7. The highest BCUT2D eigenvalue weighted by molar-refractivity contribution is 6.36. The van der Waals surface area contributed by atoms with Crippen LogP contribution in [0.4, 0.5) is 11.4 Å². The molecule has 6 nitrogen and oxygen atoms in total. The van der Waals surface area contributed by atoms with Crippen LogP contribution in [0.1, 0.15) is 24.5 Å². The predicted octanol–water partition coefficient (Wildman–Crippen LogP) is 3.68. The third kappa shape index (κ3) is 4.71. The normalized spacial score (nSPS) is 13.9. The van der Waals surface area contributed by atoms with Crippen LogP contribution in [0.25, 0.3) is 5.57 Å². The maximum absolute atomic E-state index is 13.2. The molecule has 2 aromatic rings. The van der Waals surface area contributed by atoms with Crippen LogP contribution in [0.15, 0.2) is 54.2 Å².